The quantitative estimate of drug-likeness (QED) is 0.326. The lowest BCUT2D eigenvalue weighted by Gasteiger charge is -2.25. The van der Waals surface area contributed by atoms with Gasteiger partial charge in [-0.25, -0.2) is 8.70 Å². The maximum Gasteiger partial charge on any atom is 0.275 e. The first-order valence-corrected chi connectivity index (χ1v) is 12.3. The van der Waals surface area contributed by atoms with Crippen molar-refractivity contribution in [2.24, 2.45) is 0 Å². The Morgan fingerprint density at radius 1 is 0.969 bits per heavy atom. The molecule has 0 N–H and O–H groups in total. The fourth-order valence-corrected chi connectivity index (χ4v) is 4.39. The average molecular weight is 478 g/mol. The minimum Gasteiger partial charge on any atom is -0.445 e. The van der Waals surface area contributed by atoms with Gasteiger partial charge in [-0.1, -0.05) is 50.1 Å². The van der Waals surface area contributed by atoms with Crippen LogP contribution in [0.15, 0.2) is 71.1 Å². The van der Waals surface area contributed by atoms with Gasteiger partial charge in [-0.3, -0.25) is 0 Å². The standard InChI is InChI=1S/C19H20FNO2S.C5H7Cl.C2H6/c1-19(14-5-7-15(20)8-6-14)22-17-10-9-16(13-18(17)23-19)24-21-11-3-2-4-12-21;1-2-3-4-5-6;1-2/h5-10,13H,2-4,11-12H2,1H3;2-5H,1H3;1-2H3/b;3-2-,5-4-;. The Hall–Kier alpha value is -1.95. The Balaban J connectivity index is 0.000000396. The minimum atomic E-state index is -0.912. The highest BCUT2D eigenvalue weighted by Gasteiger charge is 2.38. The minimum absolute atomic E-state index is 0.266. The molecule has 0 radical (unpaired) electrons. The van der Waals surface area contributed by atoms with E-state index < -0.39 is 5.79 Å². The van der Waals surface area contributed by atoms with Crippen molar-refractivity contribution < 1.29 is 13.9 Å². The maximum absolute atomic E-state index is 13.1. The molecule has 1 saturated heterocycles. The lowest BCUT2D eigenvalue weighted by atomic mass is 10.1. The van der Waals surface area contributed by atoms with Crippen molar-refractivity contribution in [3.63, 3.8) is 0 Å². The van der Waals surface area contributed by atoms with Crippen LogP contribution >= 0.6 is 23.5 Å². The van der Waals surface area contributed by atoms with E-state index in [4.69, 9.17) is 21.1 Å². The molecule has 0 amide bonds. The van der Waals surface area contributed by atoms with Gasteiger partial charge in [0.2, 0.25) is 0 Å². The van der Waals surface area contributed by atoms with E-state index in [0.717, 1.165) is 35.0 Å². The van der Waals surface area contributed by atoms with E-state index >= 15 is 0 Å². The molecule has 2 heterocycles. The number of piperidine rings is 1. The van der Waals surface area contributed by atoms with Gasteiger partial charge in [-0.05, 0) is 74.2 Å². The summed E-state index contributed by atoms with van der Waals surface area (Å²) in [6.45, 7) is 10.1. The molecule has 0 aliphatic carbocycles. The normalized spacial score (nSPS) is 19.9. The molecular formula is C26H33ClFNO2S. The summed E-state index contributed by atoms with van der Waals surface area (Å²) in [6, 6.07) is 12.3. The Bertz CT molecular complexity index is 872. The predicted molar refractivity (Wildman–Crippen MR) is 134 cm³/mol. The van der Waals surface area contributed by atoms with Crippen LogP contribution < -0.4 is 9.47 Å². The van der Waals surface area contributed by atoms with E-state index in [0.29, 0.717) is 0 Å². The zero-order valence-corrected chi connectivity index (χ0v) is 20.9. The SMILES string of the molecule is C/C=C\C=C/Cl.CC.CC1(c2ccc(F)cc2)Oc2ccc(SN3CCCCC3)cc2O1. The molecule has 0 spiro atoms. The number of hydrogen-bond acceptors (Lipinski definition) is 4. The van der Waals surface area contributed by atoms with Gasteiger partial charge in [0.05, 0.1) is 0 Å². The topological polar surface area (TPSA) is 21.7 Å². The second-order valence-electron chi connectivity index (χ2n) is 7.19. The third-order valence-electron chi connectivity index (χ3n) is 4.82. The van der Waals surface area contributed by atoms with Gasteiger partial charge >= 0.3 is 0 Å². The third-order valence-corrected chi connectivity index (χ3v) is 6.05. The van der Waals surface area contributed by atoms with E-state index in [-0.39, 0.29) is 5.82 Å². The van der Waals surface area contributed by atoms with Crippen molar-refractivity contribution in [3.8, 4) is 11.5 Å². The zero-order valence-electron chi connectivity index (χ0n) is 19.3. The number of ether oxygens (including phenoxy) is 2. The molecule has 2 aliphatic heterocycles. The van der Waals surface area contributed by atoms with Crippen LogP contribution in [-0.4, -0.2) is 17.4 Å². The molecule has 2 aliphatic rings. The van der Waals surface area contributed by atoms with E-state index in [9.17, 15) is 4.39 Å². The molecular weight excluding hydrogens is 445 g/mol. The highest BCUT2D eigenvalue weighted by atomic mass is 35.5. The first-order valence-electron chi connectivity index (χ1n) is 11.1. The fraction of sp³-hybridized carbons (Fsp3) is 0.385. The van der Waals surface area contributed by atoms with Crippen molar-refractivity contribution in [3.05, 3.63) is 77.6 Å². The molecule has 1 atom stereocenters. The molecule has 2 aromatic rings. The lowest BCUT2D eigenvalue weighted by molar-refractivity contribution is -0.0681. The summed E-state index contributed by atoms with van der Waals surface area (Å²) in [6.07, 6.45) is 9.40. The first-order chi connectivity index (χ1) is 15.5. The van der Waals surface area contributed by atoms with Crippen LogP contribution in [0.4, 0.5) is 4.39 Å². The Morgan fingerprint density at radius 3 is 2.22 bits per heavy atom. The Morgan fingerprint density at radius 2 is 1.62 bits per heavy atom. The van der Waals surface area contributed by atoms with E-state index in [1.165, 1.54) is 36.9 Å². The maximum atomic E-state index is 13.1. The van der Waals surface area contributed by atoms with Gasteiger partial charge < -0.3 is 9.47 Å². The molecule has 0 saturated carbocycles. The van der Waals surface area contributed by atoms with Crippen LogP contribution in [0.5, 0.6) is 11.5 Å². The van der Waals surface area contributed by atoms with Crippen molar-refractivity contribution in [1.82, 2.24) is 4.31 Å². The number of benzene rings is 2. The Labute approximate surface area is 201 Å². The van der Waals surface area contributed by atoms with Crippen LogP contribution in [0, 0.1) is 5.82 Å². The van der Waals surface area contributed by atoms with Crippen molar-refractivity contribution in [2.45, 2.75) is 57.6 Å². The van der Waals surface area contributed by atoms with Crippen LogP contribution in [0.3, 0.4) is 0 Å². The van der Waals surface area contributed by atoms with Crippen molar-refractivity contribution in [1.29, 1.82) is 0 Å². The first kappa shape index (κ1) is 26.3. The highest BCUT2D eigenvalue weighted by molar-refractivity contribution is 7.97. The summed E-state index contributed by atoms with van der Waals surface area (Å²) in [5, 5.41) is 0. The van der Waals surface area contributed by atoms with E-state index in [1.807, 2.05) is 52.0 Å². The molecule has 3 nitrogen and oxygen atoms in total. The lowest BCUT2D eigenvalue weighted by Crippen LogP contribution is -2.31. The summed E-state index contributed by atoms with van der Waals surface area (Å²) in [4.78, 5) is 1.16. The number of hydrogen-bond donors (Lipinski definition) is 0. The monoisotopic (exact) mass is 477 g/mol. The second kappa shape index (κ2) is 13.6. The summed E-state index contributed by atoms with van der Waals surface area (Å²) in [5.74, 6) is 0.288. The summed E-state index contributed by atoms with van der Waals surface area (Å²) >= 11 is 6.93. The fourth-order valence-electron chi connectivity index (χ4n) is 3.28. The van der Waals surface area contributed by atoms with E-state index in [1.54, 1.807) is 30.2 Å². The molecule has 1 fully saturated rings. The Kier molecular flexibility index (Phi) is 11.1. The highest BCUT2D eigenvalue weighted by Crippen LogP contribution is 2.45. The molecule has 0 aromatic heterocycles. The largest absolute Gasteiger partial charge is 0.445 e. The van der Waals surface area contributed by atoms with Gasteiger partial charge in [0, 0.05) is 36.0 Å². The van der Waals surface area contributed by atoms with E-state index in [2.05, 4.69) is 10.4 Å². The van der Waals surface area contributed by atoms with Crippen LogP contribution in [0.2, 0.25) is 0 Å². The summed E-state index contributed by atoms with van der Waals surface area (Å²) in [7, 11) is 0. The smallest absolute Gasteiger partial charge is 0.275 e. The predicted octanol–water partition coefficient (Wildman–Crippen LogP) is 8.30. The number of nitrogens with zero attached hydrogens (tertiary/aromatic N) is 1. The molecule has 1 unspecified atom stereocenters. The van der Waals surface area contributed by atoms with Gasteiger partial charge in [0.25, 0.3) is 5.79 Å². The van der Waals surface area contributed by atoms with Crippen molar-refractivity contribution in [2.75, 3.05) is 13.1 Å². The molecule has 4 rings (SSSR count). The van der Waals surface area contributed by atoms with Gasteiger partial charge in [-0.2, -0.15) is 0 Å². The van der Waals surface area contributed by atoms with Gasteiger partial charge in [-0.15, -0.1) is 0 Å². The molecule has 174 valence electrons. The van der Waals surface area contributed by atoms with Crippen LogP contribution in [0.1, 0.15) is 52.5 Å². The van der Waals surface area contributed by atoms with Gasteiger partial charge in [0.1, 0.15) is 5.82 Å². The average Bonchev–Trinajstić information content (AvgIpc) is 3.17. The van der Waals surface area contributed by atoms with Crippen molar-refractivity contribution >= 4 is 23.5 Å². The third kappa shape index (κ3) is 7.58. The number of halogens is 2. The summed E-state index contributed by atoms with van der Waals surface area (Å²) < 4.78 is 27.6. The zero-order chi connectivity index (χ0) is 23.4. The molecule has 6 heteroatoms. The van der Waals surface area contributed by atoms with Gasteiger partial charge in [0.15, 0.2) is 11.5 Å². The molecule has 2 aromatic carbocycles. The number of rotatable bonds is 4. The number of fused-ring (bicyclic) bond motifs is 1. The second-order valence-corrected chi connectivity index (χ2v) is 8.61. The number of allylic oxidation sites excluding steroid dienone is 3. The van der Waals surface area contributed by atoms with Crippen LogP contribution in [-0.2, 0) is 5.79 Å². The van der Waals surface area contributed by atoms with Crippen LogP contribution in [0.25, 0.3) is 0 Å². The molecule has 32 heavy (non-hydrogen) atoms. The molecule has 0 bridgehead atoms. The summed E-state index contributed by atoms with van der Waals surface area (Å²) in [5.41, 5.74) is 2.27.